The van der Waals surface area contributed by atoms with Crippen molar-refractivity contribution in [1.82, 2.24) is 34.0 Å². The number of carbonyl (C=O) groups is 4. The van der Waals surface area contributed by atoms with Crippen molar-refractivity contribution in [2.24, 2.45) is 17.6 Å². The van der Waals surface area contributed by atoms with E-state index in [-0.39, 0.29) is 41.1 Å². The number of nitrogen functional groups attached to an aromatic ring is 3. The molecule has 3 saturated heterocycles. The number of nitrogens with zero attached hydrogens (tertiary/aromatic N) is 6. The minimum atomic E-state index is -2.10. The summed E-state index contributed by atoms with van der Waals surface area (Å²) in [6, 6.07) is 1.65. The number of anilines is 3. The Morgan fingerprint density at radius 3 is 1.31 bits per heavy atom. The number of nitrogens with one attached hydrogen (secondary N) is 1. The molecule has 6 heterocycles. The highest BCUT2D eigenvalue weighted by atomic mass is 35.5. The molecule has 0 saturated carbocycles. The third-order valence-corrected chi connectivity index (χ3v) is 14.0. The van der Waals surface area contributed by atoms with Gasteiger partial charge in [0.15, 0.2) is 49.4 Å². The van der Waals surface area contributed by atoms with Crippen molar-refractivity contribution in [1.29, 1.82) is 0 Å². The number of amides is 1. The molecule has 0 spiro atoms. The van der Waals surface area contributed by atoms with E-state index in [0.29, 0.717) is 6.61 Å². The van der Waals surface area contributed by atoms with Gasteiger partial charge in [0, 0.05) is 25.5 Å². The molecule has 474 valence electrons. The third-order valence-electron chi connectivity index (χ3n) is 12.6. The molecule has 14 atom stereocenters. The molecule has 3 aliphatic heterocycles. The highest BCUT2D eigenvalue weighted by Gasteiger charge is 2.61. The maximum Gasteiger partial charge on any atom is 0.408 e. The molecule has 3 aromatic heterocycles. The Morgan fingerprint density at radius 1 is 0.679 bits per heavy atom. The fourth-order valence-corrected chi connectivity index (χ4v) is 8.83. The number of alkyl halides is 6. The average molecular weight is 1270 g/mol. The normalized spacial score (nSPS) is 27.9. The molecule has 84 heavy (non-hydrogen) atoms. The molecule has 1 amide bonds. The summed E-state index contributed by atoms with van der Waals surface area (Å²) < 4.78 is 83.7. The lowest BCUT2D eigenvalue weighted by Crippen LogP contribution is -2.53. The standard InChI is InChI=1S/C20H30ClFN4O7.C15H22ClFN4O5.C10H13ClFN3O4.C4H8O2/c1-10(2)13(25-18(30)33-19(3,4)5)16(28)31-14-12(22)15(32-20(14,8-21)9-27)26-7-6-11(23)24-17(26)29;1-7(2)10(19)13(23)25-11-9(17)12(26-15(11,5-16)6-22)21-4-3-8(18)20-14(21)24;11-3-10(4-16)7(17)6(12)8(19-10)15-2-1-5(13)14-9(15)18;1-3-6-4(2)5/h6-7,10,12-15,27H,8-9H2,1-5H3,(H,25,30)(H2,23,24,29);3-4,7,9-12,22H,5-6,19H2,1-2H3,(H2,18,20,24);1-2,6-8,16-17H,3-4H2,(H2,13,14,18);3H2,1-2H3/t12-,13?,14+,15-,20-;9-,10?,11+,12-,15-;6-,7+,8-,10-;/m111./s1. The average Bonchev–Trinajstić information content (AvgIpc) is 2.64. The van der Waals surface area contributed by atoms with E-state index in [2.05, 4.69) is 25.0 Å². The molecule has 3 aromatic rings. The topological polar surface area (TPSA) is 435 Å². The highest BCUT2D eigenvalue weighted by molar-refractivity contribution is 6.19. The lowest BCUT2D eigenvalue weighted by atomic mass is 9.98. The van der Waals surface area contributed by atoms with Crippen LogP contribution in [0, 0.1) is 11.8 Å². The lowest BCUT2D eigenvalue weighted by Gasteiger charge is -2.32. The number of aliphatic hydroxyl groups excluding tert-OH is 4. The van der Waals surface area contributed by atoms with Gasteiger partial charge in [0.05, 0.1) is 44.1 Å². The first-order valence-corrected chi connectivity index (χ1v) is 27.2. The zero-order valence-corrected chi connectivity index (χ0v) is 49.5. The van der Waals surface area contributed by atoms with Gasteiger partial charge in [-0.05, 0) is 57.7 Å². The number of hydrogen-bond acceptors (Lipinski definition) is 25. The summed E-state index contributed by atoms with van der Waals surface area (Å²) in [6.45, 7) is 13.1. The van der Waals surface area contributed by atoms with Crippen molar-refractivity contribution in [2.45, 2.75) is 152 Å². The second-order valence-electron chi connectivity index (χ2n) is 20.8. The third kappa shape index (κ3) is 17.6. The summed E-state index contributed by atoms with van der Waals surface area (Å²) >= 11 is 17.4. The summed E-state index contributed by atoms with van der Waals surface area (Å²) in [7, 11) is 0. The Morgan fingerprint density at radius 2 is 1.04 bits per heavy atom. The van der Waals surface area contributed by atoms with Crippen molar-refractivity contribution in [3.63, 3.8) is 0 Å². The molecule has 29 nitrogen and oxygen atoms in total. The molecule has 35 heteroatoms. The minimum absolute atomic E-state index is 0.0130. The predicted molar refractivity (Wildman–Crippen MR) is 294 cm³/mol. The predicted octanol–water partition coefficient (Wildman–Crippen LogP) is 0.273. The summed E-state index contributed by atoms with van der Waals surface area (Å²) in [4.78, 5) is 93.3. The number of nitrogens with two attached hydrogens (primary N) is 4. The smallest absolute Gasteiger partial charge is 0.408 e. The molecule has 0 aromatic carbocycles. The number of hydrogen-bond donors (Lipinski definition) is 9. The van der Waals surface area contributed by atoms with E-state index < -0.39 is 157 Å². The Hall–Kier alpha value is -5.94. The van der Waals surface area contributed by atoms with E-state index in [1.165, 1.54) is 43.7 Å². The zero-order valence-electron chi connectivity index (χ0n) is 47.2. The van der Waals surface area contributed by atoms with Crippen molar-refractivity contribution in [3.8, 4) is 0 Å². The second-order valence-corrected chi connectivity index (χ2v) is 21.6. The van der Waals surface area contributed by atoms with Crippen LogP contribution >= 0.6 is 34.8 Å². The fourth-order valence-electron chi connectivity index (χ4n) is 7.93. The molecule has 3 aliphatic rings. The molecule has 6 rings (SSSR count). The SMILES string of the molecule is CC(C)C(N)C(=O)O[C@H]1[C@@H](F)[C@H](n2ccc(N)nc2=O)O[C@@]1(CO)CCl.CC(C)C(NC(=O)OC(C)(C)C)C(=O)O[C@H]1[C@@H](F)[C@H](n2ccc(N)nc2=O)O[C@@]1(CO)CCl.CCOC(C)=O.Nc1ccn([C@@H]2O[C@@](CO)(CCl)[C@@H](O)[C@H]2F)c(=O)n1. The monoisotopic (exact) mass is 1270 g/mol. The fraction of sp³-hybridized carbons (Fsp3) is 0.673. The quantitative estimate of drug-likeness (QED) is 0.0498. The van der Waals surface area contributed by atoms with Gasteiger partial charge >= 0.3 is 41.1 Å². The van der Waals surface area contributed by atoms with Crippen LogP contribution in [0.5, 0.6) is 0 Å². The van der Waals surface area contributed by atoms with Gasteiger partial charge in [0.1, 0.15) is 58.0 Å². The Bertz CT molecular complexity index is 2860. The lowest BCUT2D eigenvalue weighted by molar-refractivity contribution is -0.168. The van der Waals surface area contributed by atoms with Gasteiger partial charge in [-0.15, -0.1) is 34.8 Å². The van der Waals surface area contributed by atoms with E-state index >= 15 is 8.78 Å². The van der Waals surface area contributed by atoms with E-state index in [9.17, 15) is 58.4 Å². The number of aromatic nitrogens is 6. The molecule has 0 aliphatic carbocycles. The first-order valence-electron chi connectivity index (χ1n) is 25.6. The van der Waals surface area contributed by atoms with Crippen LogP contribution in [-0.2, 0) is 47.5 Å². The summed E-state index contributed by atoms with van der Waals surface area (Å²) in [5.41, 5.74) is 13.3. The van der Waals surface area contributed by atoms with Crippen LogP contribution in [0.25, 0.3) is 0 Å². The highest BCUT2D eigenvalue weighted by Crippen LogP contribution is 2.43. The van der Waals surface area contributed by atoms with Crippen LogP contribution in [0.3, 0.4) is 0 Å². The van der Waals surface area contributed by atoms with Crippen LogP contribution < -0.4 is 45.3 Å². The Balaban J connectivity index is 0.000000323. The van der Waals surface area contributed by atoms with Gasteiger partial charge in [0.25, 0.3) is 0 Å². The minimum Gasteiger partial charge on any atom is -0.466 e. The van der Waals surface area contributed by atoms with Gasteiger partial charge in [-0.2, -0.15) is 15.0 Å². The van der Waals surface area contributed by atoms with Crippen molar-refractivity contribution >= 4 is 76.3 Å². The number of halogens is 6. The van der Waals surface area contributed by atoms with Crippen LogP contribution in [0.1, 0.15) is 81.0 Å². The van der Waals surface area contributed by atoms with Gasteiger partial charge in [-0.25, -0.2) is 37.1 Å². The van der Waals surface area contributed by atoms with E-state index in [4.69, 9.17) is 86.2 Å². The van der Waals surface area contributed by atoms with Crippen LogP contribution in [0.2, 0.25) is 0 Å². The molecule has 13 N–H and O–H groups in total. The maximum absolute atomic E-state index is 15.5. The van der Waals surface area contributed by atoms with Crippen LogP contribution in [0.4, 0.5) is 35.4 Å². The second kappa shape index (κ2) is 30.9. The van der Waals surface area contributed by atoms with Gasteiger partial charge in [-0.3, -0.25) is 23.3 Å². The molecular formula is C49H73Cl3F3N11O18. The number of rotatable bonds is 17. The molecule has 2 unspecified atom stereocenters. The first kappa shape index (κ1) is 72.3. The van der Waals surface area contributed by atoms with Crippen molar-refractivity contribution in [3.05, 3.63) is 68.2 Å². The largest absolute Gasteiger partial charge is 0.466 e. The number of esters is 3. The molecule has 3 fully saturated rings. The summed E-state index contributed by atoms with van der Waals surface area (Å²) in [5.74, 6) is -4.05. The van der Waals surface area contributed by atoms with Crippen LogP contribution in [-0.4, -0.2) is 188 Å². The maximum atomic E-state index is 15.5. The summed E-state index contributed by atoms with van der Waals surface area (Å²) in [5, 5.41) is 41.1. The van der Waals surface area contributed by atoms with Crippen molar-refractivity contribution < 1.29 is 85.9 Å². The van der Waals surface area contributed by atoms with Gasteiger partial charge in [-0.1, -0.05) is 27.7 Å². The number of aliphatic hydroxyl groups is 4. The number of ether oxygens (including phenoxy) is 7. The molecule has 0 bridgehead atoms. The summed E-state index contributed by atoms with van der Waals surface area (Å²) in [6.07, 6.45) is -12.7. The van der Waals surface area contributed by atoms with Gasteiger partial charge in [0.2, 0.25) is 0 Å². The van der Waals surface area contributed by atoms with E-state index in [1.807, 2.05) is 0 Å². The Labute approximate surface area is 493 Å². The zero-order chi connectivity index (χ0) is 64.0. The number of carbonyl (C=O) groups excluding carboxylic acids is 4. The van der Waals surface area contributed by atoms with Crippen molar-refractivity contribution in [2.75, 3.05) is 61.3 Å². The first-order chi connectivity index (χ1) is 39.1. The number of alkyl carbamates (subject to hydrolysis) is 1. The molecular weight excluding hydrogens is 1190 g/mol. The van der Waals surface area contributed by atoms with Crippen LogP contribution in [0.15, 0.2) is 51.2 Å². The van der Waals surface area contributed by atoms with E-state index in [0.717, 1.165) is 13.7 Å². The Kier molecular flexibility index (Phi) is 26.6. The van der Waals surface area contributed by atoms with E-state index in [1.54, 1.807) is 55.4 Å². The molecule has 0 radical (unpaired) electrons. The van der Waals surface area contributed by atoms with Gasteiger partial charge < -0.3 is 81.8 Å².